The van der Waals surface area contributed by atoms with Crippen LogP contribution < -0.4 is 0 Å². The average molecular weight is 1040 g/mol. The second-order valence-corrected chi connectivity index (χ2v) is 21.0. The summed E-state index contributed by atoms with van der Waals surface area (Å²) < 4.78 is 16.8. The number of hydrogen-bond acceptors (Lipinski definition) is 6. The minimum absolute atomic E-state index is 0.121. The fraction of sp³-hybridized carbons (Fsp3) is 0.725. The Morgan fingerprint density at radius 2 is 0.520 bits per heavy atom. The molecule has 0 radical (unpaired) electrons. The lowest BCUT2D eigenvalue weighted by atomic mass is 10.0. The van der Waals surface area contributed by atoms with Gasteiger partial charge in [0.2, 0.25) is 0 Å². The fourth-order valence-electron chi connectivity index (χ4n) is 8.80. The van der Waals surface area contributed by atoms with Gasteiger partial charge in [-0.25, -0.2) is 0 Å². The molecule has 0 fully saturated rings. The van der Waals surface area contributed by atoms with E-state index in [0.29, 0.717) is 19.3 Å². The molecule has 0 aliphatic carbocycles. The van der Waals surface area contributed by atoms with Crippen LogP contribution in [-0.2, 0) is 28.6 Å². The van der Waals surface area contributed by atoms with E-state index in [1.807, 2.05) is 6.08 Å². The van der Waals surface area contributed by atoms with E-state index < -0.39 is 12.1 Å². The van der Waals surface area contributed by atoms with Crippen LogP contribution in [0.5, 0.6) is 0 Å². The second kappa shape index (κ2) is 62.9. The summed E-state index contributed by atoms with van der Waals surface area (Å²) in [6.45, 7) is 6.53. The molecule has 0 aromatic rings. The summed E-state index contributed by atoms with van der Waals surface area (Å²) in [6.07, 6.45) is 84.3. The molecule has 0 aromatic carbocycles. The van der Waals surface area contributed by atoms with E-state index in [0.717, 1.165) is 64.2 Å². The van der Waals surface area contributed by atoms with Gasteiger partial charge in [0, 0.05) is 19.3 Å². The highest BCUT2D eigenvalue weighted by atomic mass is 16.6. The molecule has 0 heterocycles. The van der Waals surface area contributed by atoms with Gasteiger partial charge >= 0.3 is 17.9 Å². The molecule has 0 aliphatic heterocycles. The molecule has 1 atom stereocenters. The Morgan fingerprint density at radius 3 is 0.880 bits per heavy atom. The van der Waals surface area contributed by atoms with E-state index in [9.17, 15) is 14.4 Å². The molecule has 0 rings (SSSR count). The number of esters is 3. The predicted octanol–water partition coefficient (Wildman–Crippen LogP) is 21.7. The van der Waals surface area contributed by atoms with Crippen LogP contribution in [0.4, 0.5) is 0 Å². The van der Waals surface area contributed by atoms with Crippen molar-refractivity contribution in [3.05, 3.63) is 97.2 Å². The highest BCUT2D eigenvalue weighted by molar-refractivity contribution is 5.71. The van der Waals surface area contributed by atoms with Crippen molar-refractivity contribution in [2.45, 2.75) is 309 Å². The zero-order valence-corrected chi connectivity index (χ0v) is 49.3. The van der Waals surface area contributed by atoms with E-state index in [1.54, 1.807) is 0 Å². The van der Waals surface area contributed by atoms with E-state index >= 15 is 0 Å². The Balaban J connectivity index is 4.51. The smallest absolute Gasteiger partial charge is 0.306 e. The number of rotatable bonds is 57. The molecule has 430 valence electrons. The molecular weight excluding hydrogens is 925 g/mol. The van der Waals surface area contributed by atoms with Crippen LogP contribution >= 0.6 is 0 Å². The van der Waals surface area contributed by atoms with Gasteiger partial charge in [0.15, 0.2) is 6.10 Å². The Bertz CT molecular complexity index is 1480. The first-order valence-electron chi connectivity index (χ1n) is 31.7. The summed E-state index contributed by atoms with van der Waals surface area (Å²) in [4.78, 5) is 38.2. The first-order valence-corrected chi connectivity index (χ1v) is 31.7. The van der Waals surface area contributed by atoms with Crippen molar-refractivity contribution in [2.24, 2.45) is 0 Å². The zero-order valence-electron chi connectivity index (χ0n) is 49.3. The first kappa shape index (κ1) is 71.3. The summed E-state index contributed by atoms with van der Waals surface area (Å²) in [5, 5.41) is 0. The molecular formula is C69H118O6. The van der Waals surface area contributed by atoms with Crippen molar-refractivity contribution in [2.75, 3.05) is 13.2 Å². The molecule has 0 saturated carbocycles. The third kappa shape index (κ3) is 61.1. The van der Waals surface area contributed by atoms with Crippen molar-refractivity contribution in [3.8, 4) is 0 Å². The predicted molar refractivity (Wildman–Crippen MR) is 325 cm³/mol. The van der Waals surface area contributed by atoms with Crippen LogP contribution in [0.3, 0.4) is 0 Å². The van der Waals surface area contributed by atoms with Crippen LogP contribution in [0, 0.1) is 0 Å². The van der Waals surface area contributed by atoms with E-state index in [-0.39, 0.29) is 38.0 Å². The first-order chi connectivity index (χ1) is 37.0. The zero-order chi connectivity index (χ0) is 54.3. The number of hydrogen-bond donors (Lipinski definition) is 0. The quantitative estimate of drug-likeness (QED) is 0.0261. The summed E-state index contributed by atoms with van der Waals surface area (Å²) in [5.41, 5.74) is 0. The van der Waals surface area contributed by atoms with Crippen molar-refractivity contribution >= 4 is 17.9 Å². The molecule has 6 nitrogen and oxygen atoms in total. The monoisotopic (exact) mass is 1040 g/mol. The van der Waals surface area contributed by atoms with Gasteiger partial charge in [0.1, 0.15) is 13.2 Å². The second-order valence-electron chi connectivity index (χ2n) is 21.0. The normalized spacial score (nSPS) is 12.7. The topological polar surface area (TPSA) is 78.9 Å². The number of allylic oxidation sites excluding steroid dienone is 16. The van der Waals surface area contributed by atoms with Crippen LogP contribution in [0.1, 0.15) is 303 Å². The maximum atomic E-state index is 12.9. The van der Waals surface area contributed by atoms with E-state index in [4.69, 9.17) is 14.2 Å². The van der Waals surface area contributed by atoms with Crippen molar-refractivity contribution in [3.63, 3.8) is 0 Å². The van der Waals surface area contributed by atoms with Gasteiger partial charge in [-0.05, 0) is 89.9 Å². The lowest BCUT2D eigenvalue weighted by molar-refractivity contribution is -0.166. The molecule has 0 N–H and O–H groups in total. The fourth-order valence-corrected chi connectivity index (χ4v) is 8.80. The van der Waals surface area contributed by atoms with Crippen molar-refractivity contribution in [1.82, 2.24) is 0 Å². The maximum absolute atomic E-state index is 12.9. The third-order valence-electron chi connectivity index (χ3n) is 13.6. The number of carbonyl (C=O) groups is 3. The standard InChI is InChI=1S/C69H118O6/c1-4-7-10-13-16-19-22-25-28-31-33-34-36-38-41-44-47-50-53-56-59-62-68(71)74-65-66(64-73-67(70)61-58-55-52-49-46-43-40-37-30-27-24-21-18-15-12-9-6-3)75-69(72)63-60-57-54-51-48-45-42-39-35-32-29-26-23-20-17-14-11-8-5-2/h17,20,26-27,29-30,35,39-40,43,45,48-49,52,54,57,66H,4-16,18-19,21-25,28,31-34,36-38,41-42,44,46-47,50-51,53,55-56,58-65H2,1-3H3/b20-17-,29-26-,30-27-,39-35-,43-40-,48-45-,52-49-,57-54-/t66-/m1/s1. The maximum Gasteiger partial charge on any atom is 0.306 e. The average Bonchev–Trinajstić information content (AvgIpc) is 3.41. The molecule has 6 heteroatoms. The molecule has 75 heavy (non-hydrogen) atoms. The minimum Gasteiger partial charge on any atom is -0.462 e. The highest BCUT2D eigenvalue weighted by Crippen LogP contribution is 2.16. The van der Waals surface area contributed by atoms with Crippen LogP contribution in [-0.4, -0.2) is 37.2 Å². The Morgan fingerprint density at radius 1 is 0.267 bits per heavy atom. The minimum atomic E-state index is -0.838. The summed E-state index contributed by atoms with van der Waals surface area (Å²) in [7, 11) is 0. The highest BCUT2D eigenvalue weighted by Gasteiger charge is 2.19. The van der Waals surface area contributed by atoms with Crippen LogP contribution in [0.15, 0.2) is 97.2 Å². The van der Waals surface area contributed by atoms with Gasteiger partial charge < -0.3 is 14.2 Å². The molecule has 0 saturated heterocycles. The number of carbonyl (C=O) groups excluding carboxylic acids is 3. The largest absolute Gasteiger partial charge is 0.462 e. The lowest BCUT2D eigenvalue weighted by Gasteiger charge is -2.18. The summed E-state index contributed by atoms with van der Waals surface area (Å²) >= 11 is 0. The van der Waals surface area contributed by atoms with Gasteiger partial charge in [0.05, 0.1) is 0 Å². The Hall–Kier alpha value is -3.67. The van der Waals surface area contributed by atoms with Gasteiger partial charge in [-0.3, -0.25) is 14.4 Å². The van der Waals surface area contributed by atoms with Gasteiger partial charge in [-0.15, -0.1) is 0 Å². The van der Waals surface area contributed by atoms with Crippen LogP contribution in [0.25, 0.3) is 0 Å². The molecule has 0 spiro atoms. The molecule has 0 aromatic heterocycles. The van der Waals surface area contributed by atoms with E-state index in [2.05, 4.69) is 112 Å². The molecule has 0 amide bonds. The Labute approximate surface area is 464 Å². The third-order valence-corrected chi connectivity index (χ3v) is 13.6. The van der Waals surface area contributed by atoms with Crippen molar-refractivity contribution < 1.29 is 28.6 Å². The molecule has 0 aliphatic rings. The van der Waals surface area contributed by atoms with Gasteiger partial charge in [-0.2, -0.15) is 0 Å². The van der Waals surface area contributed by atoms with Gasteiger partial charge in [0.25, 0.3) is 0 Å². The van der Waals surface area contributed by atoms with Crippen LogP contribution in [0.2, 0.25) is 0 Å². The lowest BCUT2D eigenvalue weighted by Crippen LogP contribution is -2.30. The molecule has 0 unspecified atom stereocenters. The number of unbranched alkanes of at least 4 members (excludes halogenated alkanes) is 30. The van der Waals surface area contributed by atoms with Gasteiger partial charge in [-0.1, -0.05) is 291 Å². The van der Waals surface area contributed by atoms with E-state index in [1.165, 1.54) is 186 Å². The number of ether oxygens (including phenoxy) is 3. The summed E-state index contributed by atoms with van der Waals surface area (Å²) in [6, 6.07) is 0. The SMILES string of the molecule is CCCCC/C=C\C/C=C\C/C=C\C/C=C\C/C=C\CCC(=O)O[C@H](COC(=O)CCC/C=C\C/C=C\C/C=C\CCCCCCCC)COC(=O)CCCCCCCCCCCCCCCCCCCCCCC. The summed E-state index contributed by atoms with van der Waals surface area (Å²) in [5.74, 6) is -1.05. The molecule has 0 bridgehead atoms. The van der Waals surface area contributed by atoms with Crippen molar-refractivity contribution in [1.29, 1.82) is 0 Å². The Kier molecular flexibility index (Phi) is 59.8.